The van der Waals surface area contributed by atoms with Gasteiger partial charge in [0.05, 0.1) is 12.7 Å². The predicted molar refractivity (Wildman–Crippen MR) is 89.0 cm³/mol. The maximum Gasteiger partial charge on any atom is 0.257 e. The van der Waals surface area contributed by atoms with Gasteiger partial charge in [0.15, 0.2) is 6.61 Å². The summed E-state index contributed by atoms with van der Waals surface area (Å²) in [7, 11) is 3.31. The van der Waals surface area contributed by atoms with E-state index in [-0.39, 0.29) is 18.7 Å². The van der Waals surface area contributed by atoms with Crippen LogP contribution in [0.1, 0.15) is 22.1 Å². The molecule has 1 amide bonds. The third-order valence-corrected chi connectivity index (χ3v) is 3.93. The average molecular weight is 323 g/mol. The van der Waals surface area contributed by atoms with E-state index in [2.05, 4.69) is 5.32 Å². The largest absolute Gasteiger partial charge is 0.497 e. The van der Waals surface area contributed by atoms with Gasteiger partial charge in [0.2, 0.25) is 0 Å². The number of rotatable bonds is 4. The first-order valence-corrected chi connectivity index (χ1v) is 7.45. The number of amides is 1. The van der Waals surface area contributed by atoms with Crippen molar-refractivity contribution in [3.8, 4) is 17.6 Å². The van der Waals surface area contributed by atoms with Crippen LogP contribution in [0, 0.1) is 11.3 Å². The van der Waals surface area contributed by atoms with Gasteiger partial charge >= 0.3 is 0 Å². The number of carbonyl (C=O) groups excluding carboxylic acids is 1. The Morgan fingerprint density at radius 3 is 2.83 bits per heavy atom. The summed E-state index contributed by atoms with van der Waals surface area (Å²) in [5.41, 5.74) is 2.21. The first-order valence-electron chi connectivity index (χ1n) is 7.45. The molecule has 0 saturated carbocycles. The minimum Gasteiger partial charge on any atom is -0.497 e. The van der Waals surface area contributed by atoms with E-state index < -0.39 is 0 Å². The lowest BCUT2D eigenvalue weighted by molar-refractivity contribution is 0.0735. The quantitative estimate of drug-likeness (QED) is 0.936. The number of carbonyl (C=O) groups is 1. The summed E-state index contributed by atoms with van der Waals surface area (Å²) in [6, 6.07) is 14.7. The number of nitrogens with one attached hydrogen (secondary N) is 1. The fraction of sp³-hybridized carbons (Fsp3) is 0.222. The number of hydrogen-bond donors (Lipinski definition) is 1. The molecular weight excluding hydrogens is 306 g/mol. The van der Waals surface area contributed by atoms with E-state index in [1.165, 1.54) is 0 Å². The maximum absolute atomic E-state index is 12.7. The second-order valence-corrected chi connectivity index (χ2v) is 5.39. The Morgan fingerprint density at radius 2 is 2.08 bits per heavy atom. The minimum absolute atomic E-state index is 0.0149. The number of fused-ring (bicyclic) bond motifs is 1. The number of benzene rings is 2. The number of nitriles is 1. The highest BCUT2D eigenvalue weighted by Gasteiger charge is 2.30. The second kappa shape index (κ2) is 6.50. The van der Waals surface area contributed by atoms with Gasteiger partial charge in [-0.2, -0.15) is 5.26 Å². The van der Waals surface area contributed by atoms with E-state index in [0.717, 1.165) is 11.3 Å². The van der Waals surface area contributed by atoms with Crippen LogP contribution in [0.3, 0.4) is 0 Å². The summed E-state index contributed by atoms with van der Waals surface area (Å²) < 4.78 is 10.5. The monoisotopic (exact) mass is 323 g/mol. The Morgan fingerprint density at radius 1 is 1.25 bits per heavy atom. The fourth-order valence-electron chi connectivity index (χ4n) is 2.70. The van der Waals surface area contributed by atoms with Crippen LogP contribution in [-0.2, 0) is 0 Å². The Hall–Kier alpha value is -3.20. The molecule has 0 radical (unpaired) electrons. The number of anilines is 1. The molecule has 1 atom stereocenters. The van der Waals surface area contributed by atoms with Crippen LogP contribution < -0.4 is 14.8 Å². The molecule has 0 fully saturated rings. The lowest BCUT2D eigenvalue weighted by atomic mass is 10.0. The highest BCUT2D eigenvalue weighted by atomic mass is 16.5. The van der Waals surface area contributed by atoms with E-state index >= 15 is 0 Å². The zero-order valence-corrected chi connectivity index (χ0v) is 13.4. The third-order valence-electron chi connectivity index (χ3n) is 3.93. The molecule has 3 rings (SSSR count). The molecule has 0 aliphatic carbocycles. The molecule has 2 aromatic rings. The molecular formula is C18H17N3O3. The van der Waals surface area contributed by atoms with Crippen molar-refractivity contribution in [1.82, 2.24) is 4.90 Å². The smallest absolute Gasteiger partial charge is 0.257 e. The van der Waals surface area contributed by atoms with Gasteiger partial charge in [0.1, 0.15) is 23.7 Å². The van der Waals surface area contributed by atoms with Gasteiger partial charge in [-0.15, -0.1) is 0 Å². The van der Waals surface area contributed by atoms with E-state index in [1.807, 2.05) is 36.4 Å². The van der Waals surface area contributed by atoms with Crippen molar-refractivity contribution in [2.45, 2.75) is 6.17 Å². The number of nitrogens with zero attached hydrogens (tertiary/aromatic N) is 2. The molecule has 6 heteroatoms. The summed E-state index contributed by atoms with van der Waals surface area (Å²) in [5.74, 6) is 1.15. The van der Waals surface area contributed by atoms with Crippen LogP contribution in [-0.4, -0.2) is 31.6 Å². The van der Waals surface area contributed by atoms with Crippen molar-refractivity contribution in [1.29, 1.82) is 5.26 Å². The molecule has 1 unspecified atom stereocenters. The molecule has 0 aromatic heterocycles. The van der Waals surface area contributed by atoms with Crippen molar-refractivity contribution in [2.24, 2.45) is 0 Å². The highest BCUT2D eigenvalue weighted by Crippen LogP contribution is 2.34. The standard InChI is InChI=1S/C18H17N3O3/c1-21-17(12-4-3-5-14(10-12)24-9-8-19)20-16-7-6-13(23-2)11-15(16)18(21)22/h3-7,10-11,17,20H,9H2,1-2H3. The molecule has 0 spiro atoms. The summed E-state index contributed by atoms with van der Waals surface area (Å²) in [5, 5.41) is 12.0. The number of ether oxygens (including phenoxy) is 2. The van der Waals surface area contributed by atoms with Gasteiger partial charge in [0.25, 0.3) is 5.91 Å². The Kier molecular flexibility index (Phi) is 4.25. The van der Waals surface area contributed by atoms with E-state index in [4.69, 9.17) is 14.7 Å². The summed E-state index contributed by atoms with van der Waals surface area (Å²) in [6.07, 6.45) is -0.316. The van der Waals surface area contributed by atoms with E-state index in [0.29, 0.717) is 17.1 Å². The summed E-state index contributed by atoms with van der Waals surface area (Å²) in [4.78, 5) is 14.3. The third kappa shape index (κ3) is 2.84. The topological polar surface area (TPSA) is 74.6 Å². The molecule has 24 heavy (non-hydrogen) atoms. The molecule has 0 saturated heterocycles. The van der Waals surface area contributed by atoms with Crippen molar-refractivity contribution in [3.05, 3.63) is 53.6 Å². The van der Waals surface area contributed by atoms with E-state index in [9.17, 15) is 4.79 Å². The van der Waals surface area contributed by atoms with E-state index in [1.54, 1.807) is 31.2 Å². The summed E-state index contributed by atoms with van der Waals surface area (Å²) >= 11 is 0. The molecule has 2 aromatic carbocycles. The van der Waals surface area contributed by atoms with Gasteiger partial charge in [-0.1, -0.05) is 12.1 Å². The lowest BCUT2D eigenvalue weighted by Gasteiger charge is -2.35. The van der Waals surface area contributed by atoms with Crippen molar-refractivity contribution in [3.63, 3.8) is 0 Å². The first-order chi connectivity index (χ1) is 11.6. The molecule has 122 valence electrons. The van der Waals surface area contributed by atoms with Crippen LogP contribution in [0.25, 0.3) is 0 Å². The normalized spacial score (nSPS) is 16.0. The fourth-order valence-corrected chi connectivity index (χ4v) is 2.70. The molecule has 1 N–H and O–H groups in total. The molecule has 1 aliphatic heterocycles. The van der Waals surface area contributed by atoms with Crippen LogP contribution in [0.4, 0.5) is 5.69 Å². The van der Waals surface area contributed by atoms with Crippen LogP contribution in [0.5, 0.6) is 11.5 Å². The maximum atomic E-state index is 12.7. The predicted octanol–water partition coefficient (Wildman–Crippen LogP) is 2.79. The second-order valence-electron chi connectivity index (χ2n) is 5.39. The van der Waals surface area contributed by atoms with Crippen LogP contribution >= 0.6 is 0 Å². The van der Waals surface area contributed by atoms with Crippen LogP contribution in [0.2, 0.25) is 0 Å². The van der Waals surface area contributed by atoms with Crippen molar-refractivity contribution < 1.29 is 14.3 Å². The van der Waals surface area contributed by atoms with Gasteiger partial charge in [-0.25, -0.2) is 0 Å². The average Bonchev–Trinajstić information content (AvgIpc) is 2.63. The van der Waals surface area contributed by atoms with Gasteiger partial charge in [-0.3, -0.25) is 4.79 Å². The Labute approximate surface area is 140 Å². The summed E-state index contributed by atoms with van der Waals surface area (Å²) in [6.45, 7) is -0.0149. The van der Waals surface area contributed by atoms with Gasteiger partial charge in [-0.05, 0) is 35.9 Å². The SMILES string of the molecule is COc1ccc2c(c1)C(=O)N(C)C(c1cccc(OCC#N)c1)N2. The zero-order valence-electron chi connectivity index (χ0n) is 13.4. The van der Waals surface area contributed by atoms with Crippen molar-refractivity contribution in [2.75, 3.05) is 26.1 Å². The van der Waals surface area contributed by atoms with Gasteiger partial charge in [0, 0.05) is 12.7 Å². The van der Waals surface area contributed by atoms with Crippen molar-refractivity contribution >= 4 is 11.6 Å². The molecule has 1 heterocycles. The van der Waals surface area contributed by atoms with Gasteiger partial charge < -0.3 is 19.7 Å². The number of hydrogen-bond acceptors (Lipinski definition) is 5. The highest BCUT2D eigenvalue weighted by molar-refractivity contribution is 6.02. The molecule has 1 aliphatic rings. The first kappa shape index (κ1) is 15.7. The minimum atomic E-state index is -0.316. The lowest BCUT2D eigenvalue weighted by Crippen LogP contribution is -2.40. The molecule has 0 bridgehead atoms. The number of methoxy groups -OCH3 is 1. The Bertz CT molecular complexity index is 813. The zero-order chi connectivity index (χ0) is 17.1. The molecule has 6 nitrogen and oxygen atoms in total. The Balaban J connectivity index is 1.93. The van der Waals surface area contributed by atoms with Crippen LogP contribution in [0.15, 0.2) is 42.5 Å².